The summed E-state index contributed by atoms with van der Waals surface area (Å²) in [5, 5.41) is 9.39. The molecule has 0 bridgehead atoms. The van der Waals surface area contributed by atoms with E-state index in [0.717, 1.165) is 24.1 Å². The third-order valence-electron chi connectivity index (χ3n) is 3.62. The maximum atomic E-state index is 9.16. The molecule has 17 heavy (non-hydrogen) atoms. The maximum absolute atomic E-state index is 9.16. The molecule has 3 rings (SSSR count). The molecule has 0 radical (unpaired) electrons. The summed E-state index contributed by atoms with van der Waals surface area (Å²) in [7, 11) is 0. The molecule has 2 unspecified atom stereocenters. The molecule has 1 aliphatic carbocycles. The molecule has 1 aliphatic rings. The molecule has 2 aromatic rings. The second-order valence-electron chi connectivity index (χ2n) is 4.96. The van der Waals surface area contributed by atoms with Gasteiger partial charge in [-0.25, -0.2) is 9.97 Å². The van der Waals surface area contributed by atoms with Gasteiger partial charge in [-0.05, 0) is 29.4 Å². The van der Waals surface area contributed by atoms with Crippen LogP contribution in [0, 0.1) is 11.3 Å². The number of rotatable bonds is 3. The first-order valence-corrected chi connectivity index (χ1v) is 5.94. The summed E-state index contributed by atoms with van der Waals surface area (Å²) in [4.78, 5) is 12.3. The highest BCUT2D eigenvalue weighted by Gasteiger charge is 2.49. The Balaban J connectivity index is 1.93. The summed E-state index contributed by atoms with van der Waals surface area (Å²) in [6.07, 6.45) is 4.43. The minimum Gasteiger partial charge on any atom is -0.396 e. The second-order valence-corrected chi connectivity index (χ2v) is 5.30. The van der Waals surface area contributed by atoms with Gasteiger partial charge in [0.1, 0.15) is 5.52 Å². The highest BCUT2D eigenvalue weighted by molar-refractivity contribution is 6.28. The van der Waals surface area contributed by atoms with Crippen molar-refractivity contribution in [1.82, 2.24) is 19.5 Å². The lowest BCUT2D eigenvalue weighted by molar-refractivity contribution is 0.246. The van der Waals surface area contributed by atoms with Crippen LogP contribution in [0.2, 0.25) is 5.28 Å². The molecule has 0 aromatic carbocycles. The number of aromatic nitrogens is 4. The SMILES string of the molecule is CC1(Cn2cnc3cnc(Cl)nc32)CC1CO. The first-order valence-electron chi connectivity index (χ1n) is 5.57. The third-order valence-corrected chi connectivity index (χ3v) is 3.80. The van der Waals surface area contributed by atoms with Gasteiger partial charge >= 0.3 is 0 Å². The van der Waals surface area contributed by atoms with Crippen LogP contribution in [0.4, 0.5) is 0 Å². The molecule has 5 nitrogen and oxygen atoms in total. The van der Waals surface area contributed by atoms with E-state index in [2.05, 4.69) is 21.9 Å². The van der Waals surface area contributed by atoms with Crippen molar-refractivity contribution < 1.29 is 5.11 Å². The summed E-state index contributed by atoms with van der Waals surface area (Å²) in [6, 6.07) is 0. The van der Waals surface area contributed by atoms with Crippen molar-refractivity contribution in [3.8, 4) is 0 Å². The van der Waals surface area contributed by atoms with Gasteiger partial charge in [0.25, 0.3) is 0 Å². The van der Waals surface area contributed by atoms with Crippen molar-refractivity contribution in [3.05, 3.63) is 17.8 Å². The van der Waals surface area contributed by atoms with Gasteiger partial charge in [-0.3, -0.25) is 0 Å². The van der Waals surface area contributed by atoms with Gasteiger partial charge in [-0.2, -0.15) is 4.98 Å². The quantitative estimate of drug-likeness (QED) is 0.841. The lowest BCUT2D eigenvalue weighted by atomic mass is 10.1. The second kappa shape index (κ2) is 3.65. The highest BCUT2D eigenvalue weighted by atomic mass is 35.5. The molecule has 1 fully saturated rings. The number of hydrogen-bond acceptors (Lipinski definition) is 4. The first-order chi connectivity index (χ1) is 8.12. The van der Waals surface area contributed by atoms with Crippen molar-refractivity contribution in [2.75, 3.05) is 6.61 Å². The number of nitrogens with zero attached hydrogens (tertiary/aromatic N) is 4. The fourth-order valence-corrected chi connectivity index (χ4v) is 2.45. The Labute approximate surface area is 103 Å². The topological polar surface area (TPSA) is 63.8 Å². The molecular formula is C11H13ClN4O. The van der Waals surface area contributed by atoms with Gasteiger partial charge < -0.3 is 9.67 Å². The molecular weight excluding hydrogens is 240 g/mol. The number of fused-ring (bicyclic) bond motifs is 1. The van der Waals surface area contributed by atoms with E-state index in [0.29, 0.717) is 5.92 Å². The summed E-state index contributed by atoms with van der Waals surface area (Å²) in [6.45, 7) is 3.23. The Kier molecular flexibility index (Phi) is 2.34. The van der Waals surface area contributed by atoms with E-state index in [9.17, 15) is 0 Å². The summed E-state index contributed by atoms with van der Waals surface area (Å²) in [5.74, 6) is 0.386. The van der Waals surface area contributed by atoms with Crippen LogP contribution in [-0.4, -0.2) is 31.2 Å². The Morgan fingerprint density at radius 3 is 3.12 bits per heavy atom. The predicted molar refractivity (Wildman–Crippen MR) is 63.6 cm³/mol. The molecule has 0 saturated heterocycles. The van der Waals surface area contributed by atoms with Crippen LogP contribution in [-0.2, 0) is 6.54 Å². The zero-order chi connectivity index (χ0) is 12.0. The van der Waals surface area contributed by atoms with Crippen LogP contribution < -0.4 is 0 Å². The normalized spacial score (nSPS) is 27.6. The van der Waals surface area contributed by atoms with E-state index in [1.165, 1.54) is 0 Å². The highest BCUT2D eigenvalue weighted by Crippen LogP contribution is 2.53. The van der Waals surface area contributed by atoms with Gasteiger partial charge in [0.2, 0.25) is 5.28 Å². The fourth-order valence-electron chi connectivity index (χ4n) is 2.32. The van der Waals surface area contributed by atoms with Crippen molar-refractivity contribution >= 4 is 22.8 Å². The van der Waals surface area contributed by atoms with Crippen LogP contribution in [0.25, 0.3) is 11.2 Å². The standard InChI is InChI=1S/C11H13ClN4O/c1-11(2-7(11)4-17)5-16-6-14-8-3-13-10(12)15-9(8)16/h3,6-7,17H,2,4-5H2,1H3. The first kappa shape index (κ1) is 10.9. The van der Waals surface area contributed by atoms with E-state index < -0.39 is 0 Å². The van der Waals surface area contributed by atoms with Gasteiger partial charge in [-0.1, -0.05) is 6.92 Å². The van der Waals surface area contributed by atoms with Gasteiger partial charge in [-0.15, -0.1) is 0 Å². The van der Waals surface area contributed by atoms with Gasteiger partial charge in [0.15, 0.2) is 5.65 Å². The molecule has 0 spiro atoms. The monoisotopic (exact) mass is 252 g/mol. The molecule has 2 atom stereocenters. The van der Waals surface area contributed by atoms with Crippen LogP contribution in [0.1, 0.15) is 13.3 Å². The van der Waals surface area contributed by atoms with E-state index in [1.54, 1.807) is 12.5 Å². The van der Waals surface area contributed by atoms with Crippen LogP contribution in [0.3, 0.4) is 0 Å². The average Bonchev–Trinajstić information content (AvgIpc) is 2.80. The average molecular weight is 253 g/mol. The zero-order valence-electron chi connectivity index (χ0n) is 9.47. The van der Waals surface area contributed by atoms with Crippen LogP contribution >= 0.6 is 11.6 Å². The zero-order valence-corrected chi connectivity index (χ0v) is 10.2. The molecule has 2 heterocycles. The van der Waals surface area contributed by atoms with E-state index in [1.807, 2.05) is 4.57 Å². The molecule has 1 saturated carbocycles. The predicted octanol–water partition coefficient (Wildman–Crippen LogP) is 1.50. The number of hydrogen-bond donors (Lipinski definition) is 1. The van der Waals surface area contributed by atoms with E-state index in [-0.39, 0.29) is 17.3 Å². The van der Waals surface area contributed by atoms with Crippen LogP contribution in [0.15, 0.2) is 12.5 Å². The van der Waals surface area contributed by atoms with Crippen molar-refractivity contribution in [2.45, 2.75) is 19.9 Å². The Bertz CT molecular complexity index is 570. The summed E-state index contributed by atoms with van der Waals surface area (Å²) < 4.78 is 1.98. The minimum atomic E-state index is 0.153. The minimum absolute atomic E-state index is 0.153. The van der Waals surface area contributed by atoms with Gasteiger partial charge in [0, 0.05) is 13.2 Å². The molecule has 2 aromatic heterocycles. The molecule has 0 amide bonds. The summed E-state index contributed by atoms with van der Waals surface area (Å²) in [5.41, 5.74) is 1.66. The number of imidazole rings is 1. The van der Waals surface area contributed by atoms with Crippen molar-refractivity contribution in [1.29, 1.82) is 0 Å². The lowest BCUT2D eigenvalue weighted by Crippen LogP contribution is -2.11. The number of halogens is 1. The largest absolute Gasteiger partial charge is 0.396 e. The Morgan fingerprint density at radius 2 is 2.41 bits per heavy atom. The van der Waals surface area contributed by atoms with E-state index >= 15 is 0 Å². The third kappa shape index (κ3) is 1.79. The molecule has 6 heteroatoms. The summed E-state index contributed by atoms with van der Waals surface area (Å²) >= 11 is 5.79. The fraction of sp³-hybridized carbons (Fsp3) is 0.545. The lowest BCUT2D eigenvalue weighted by Gasteiger charge is -2.11. The molecule has 0 aliphatic heterocycles. The smallest absolute Gasteiger partial charge is 0.224 e. The van der Waals surface area contributed by atoms with Crippen molar-refractivity contribution in [2.24, 2.45) is 11.3 Å². The number of aliphatic hydroxyl groups excluding tert-OH is 1. The maximum Gasteiger partial charge on any atom is 0.224 e. The Morgan fingerprint density at radius 1 is 1.59 bits per heavy atom. The Hall–Kier alpha value is -1.20. The van der Waals surface area contributed by atoms with Gasteiger partial charge in [0.05, 0.1) is 12.5 Å². The molecule has 90 valence electrons. The van der Waals surface area contributed by atoms with Crippen molar-refractivity contribution in [3.63, 3.8) is 0 Å². The van der Waals surface area contributed by atoms with Crippen LogP contribution in [0.5, 0.6) is 0 Å². The number of aliphatic hydroxyl groups is 1. The van der Waals surface area contributed by atoms with E-state index in [4.69, 9.17) is 16.7 Å². The molecule has 1 N–H and O–H groups in total.